The molecule has 0 N–H and O–H groups in total. The maximum absolute atomic E-state index is 12.9. The molecule has 3 rings (SSSR count). The average molecular weight is 422 g/mol. The van der Waals surface area contributed by atoms with Gasteiger partial charge in [0.25, 0.3) is 0 Å². The second-order valence-corrected chi connectivity index (χ2v) is 9.81. The van der Waals surface area contributed by atoms with Crippen LogP contribution in [0.1, 0.15) is 60.3 Å². The Kier molecular flexibility index (Phi) is 6.51. The number of nitrogens with zero attached hydrogens (tertiary/aromatic N) is 3. The van der Waals surface area contributed by atoms with Crippen LogP contribution in [0.2, 0.25) is 0 Å². The molecule has 1 heterocycles. The van der Waals surface area contributed by atoms with Gasteiger partial charge in [-0.15, -0.1) is 10.2 Å². The molecule has 0 amide bonds. The van der Waals surface area contributed by atoms with Crippen LogP contribution in [0.25, 0.3) is 11.4 Å². The lowest BCUT2D eigenvalue weighted by Crippen LogP contribution is -2.10. The number of rotatable bonds is 6. The minimum Gasteiger partial charge on any atom is -0.302 e. The van der Waals surface area contributed by atoms with Crippen molar-refractivity contribution < 1.29 is 4.79 Å². The zero-order valence-electron chi connectivity index (χ0n) is 19.0. The van der Waals surface area contributed by atoms with Crippen molar-refractivity contribution >= 4 is 17.5 Å². The molecule has 0 aliphatic heterocycles. The van der Waals surface area contributed by atoms with Crippen LogP contribution in [0.3, 0.4) is 0 Å². The van der Waals surface area contributed by atoms with Crippen LogP contribution in [0.15, 0.2) is 41.6 Å². The van der Waals surface area contributed by atoms with Crippen LogP contribution in [0, 0.1) is 20.8 Å². The monoisotopic (exact) mass is 421 g/mol. The summed E-state index contributed by atoms with van der Waals surface area (Å²) in [6.45, 7) is 15.5. The Labute approximate surface area is 184 Å². The van der Waals surface area contributed by atoms with Crippen LogP contribution >= 0.6 is 11.8 Å². The van der Waals surface area contributed by atoms with Gasteiger partial charge in [-0.1, -0.05) is 74.5 Å². The molecule has 0 bridgehead atoms. The highest BCUT2D eigenvalue weighted by molar-refractivity contribution is 7.99. The highest BCUT2D eigenvalue weighted by Gasteiger charge is 2.18. The standard InChI is InChI=1S/C25H31N3OS/c1-8-28-23(19-9-11-20(12-10-19)25(5,6)7)26-27-24(28)30-15-21(29)22-17(3)13-16(2)14-18(22)4/h9-14H,8,15H2,1-7H3. The molecule has 0 aliphatic rings. The number of carbonyl (C=O) groups is 1. The van der Waals surface area contributed by atoms with Crippen molar-refractivity contribution in [3.8, 4) is 11.4 Å². The highest BCUT2D eigenvalue weighted by Crippen LogP contribution is 2.28. The van der Waals surface area contributed by atoms with Crippen molar-refractivity contribution in [2.45, 2.75) is 65.6 Å². The zero-order valence-corrected chi connectivity index (χ0v) is 19.9. The number of thioether (sulfide) groups is 1. The lowest BCUT2D eigenvalue weighted by atomic mass is 9.87. The van der Waals surface area contributed by atoms with Crippen LogP contribution in [-0.4, -0.2) is 26.3 Å². The molecule has 0 radical (unpaired) electrons. The second-order valence-electron chi connectivity index (χ2n) is 8.86. The van der Waals surface area contributed by atoms with E-state index in [4.69, 9.17) is 0 Å². The van der Waals surface area contributed by atoms with E-state index in [-0.39, 0.29) is 11.2 Å². The van der Waals surface area contributed by atoms with Crippen molar-refractivity contribution in [1.29, 1.82) is 0 Å². The number of hydrogen-bond donors (Lipinski definition) is 0. The molecule has 2 aromatic carbocycles. The number of hydrogen-bond acceptors (Lipinski definition) is 4. The van der Waals surface area contributed by atoms with Crippen molar-refractivity contribution in [3.05, 3.63) is 64.2 Å². The Morgan fingerprint density at radius 3 is 2.13 bits per heavy atom. The van der Waals surface area contributed by atoms with Crippen LogP contribution < -0.4 is 0 Å². The first-order valence-electron chi connectivity index (χ1n) is 10.4. The maximum Gasteiger partial charge on any atom is 0.191 e. The van der Waals surface area contributed by atoms with E-state index in [0.717, 1.165) is 39.8 Å². The molecule has 4 nitrogen and oxygen atoms in total. The van der Waals surface area contributed by atoms with Crippen LogP contribution in [0.5, 0.6) is 0 Å². The molecule has 5 heteroatoms. The third-order valence-corrected chi connectivity index (χ3v) is 6.30. The Morgan fingerprint density at radius 2 is 1.60 bits per heavy atom. The predicted molar refractivity (Wildman–Crippen MR) is 126 cm³/mol. The Balaban J connectivity index is 1.81. The summed E-state index contributed by atoms with van der Waals surface area (Å²) >= 11 is 1.46. The van der Waals surface area contributed by atoms with E-state index in [1.54, 1.807) is 0 Å². The van der Waals surface area contributed by atoms with Gasteiger partial charge in [-0.3, -0.25) is 4.79 Å². The molecule has 1 aromatic heterocycles. The summed E-state index contributed by atoms with van der Waals surface area (Å²) in [5.74, 6) is 1.33. The molecular formula is C25H31N3OS. The molecule has 3 aromatic rings. The molecule has 0 saturated carbocycles. The number of aryl methyl sites for hydroxylation is 3. The molecule has 0 fully saturated rings. The topological polar surface area (TPSA) is 47.8 Å². The summed E-state index contributed by atoms with van der Waals surface area (Å²) in [6.07, 6.45) is 0. The van der Waals surface area contributed by atoms with E-state index in [1.165, 1.54) is 22.9 Å². The van der Waals surface area contributed by atoms with Gasteiger partial charge in [-0.2, -0.15) is 0 Å². The average Bonchev–Trinajstić information content (AvgIpc) is 3.07. The predicted octanol–water partition coefficient (Wildman–Crippen LogP) is 6.16. The third kappa shape index (κ3) is 4.67. The van der Waals surface area contributed by atoms with Crippen LogP contribution in [-0.2, 0) is 12.0 Å². The first-order chi connectivity index (χ1) is 14.1. The van der Waals surface area contributed by atoms with E-state index >= 15 is 0 Å². The van der Waals surface area contributed by atoms with E-state index < -0.39 is 0 Å². The molecule has 30 heavy (non-hydrogen) atoms. The molecule has 0 unspecified atom stereocenters. The minimum atomic E-state index is 0.116. The molecule has 0 aliphatic carbocycles. The van der Waals surface area contributed by atoms with Crippen LogP contribution in [0.4, 0.5) is 0 Å². The van der Waals surface area contributed by atoms with Gasteiger partial charge >= 0.3 is 0 Å². The highest BCUT2D eigenvalue weighted by atomic mass is 32.2. The lowest BCUT2D eigenvalue weighted by molar-refractivity contribution is 0.102. The van der Waals surface area contributed by atoms with E-state index in [9.17, 15) is 4.79 Å². The van der Waals surface area contributed by atoms with Gasteiger partial charge in [0.05, 0.1) is 5.75 Å². The summed E-state index contributed by atoms with van der Waals surface area (Å²) < 4.78 is 2.08. The first kappa shape index (κ1) is 22.3. The normalized spacial score (nSPS) is 11.7. The Hall–Kier alpha value is -2.40. The van der Waals surface area contributed by atoms with Crippen molar-refractivity contribution in [2.24, 2.45) is 0 Å². The van der Waals surface area contributed by atoms with Gasteiger partial charge < -0.3 is 4.57 Å². The fourth-order valence-electron chi connectivity index (χ4n) is 3.84. The quantitative estimate of drug-likeness (QED) is 0.353. The zero-order chi connectivity index (χ0) is 22.1. The van der Waals surface area contributed by atoms with Crippen molar-refractivity contribution in [3.63, 3.8) is 0 Å². The summed E-state index contributed by atoms with van der Waals surface area (Å²) in [6, 6.07) is 12.7. The summed E-state index contributed by atoms with van der Waals surface area (Å²) in [7, 11) is 0. The van der Waals surface area contributed by atoms with Gasteiger partial charge in [-0.25, -0.2) is 0 Å². The number of ketones is 1. The van der Waals surface area contributed by atoms with E-state index in [0.29, 0.717) is 5.75 Å². The smallest absolute Gasteiger partial charge is 0.191 e. The summed E-state index contributed by atoms with van der Waals surface area (Å²) in [5.41, 5.74) is 6.53. The van der Waals surface area contributed by atoms with Gasteiger partial charge in [0.15, 0.2) is 16.8 Å². The Morgan fingerprint density at radius 1 is 1.00 bits per heavy atom. The Bertz CT molecular complexity index is 1040. The van der Waals surface area contributed by atoms with Gasteiger partial charge in [0.2, 0.25) is 0 Å². The number of benzene rings is 2. The molecule has 158 valence electrons. The largest absolute Gasteiger partial charge is 0.302 e. The number of carbonyl (C=O) groups excluding carboxylic acids is 1. The molecule has 0 saturated heterocycles. The van der Waals surface area contributed by atoms with E-state index in [2.05, 4.69) is 85.8 Å². The lowest BCUT2D eigenvalue weighted by Gasteiger charge is -2.19. The van der Waals surface area contributed by atoms with Gasteiger partial charge in [0, 0.05) is 17.7 Å². The fraction of sp³-hybridized carbons (Fsp3) is 0.400. The third-order valence-electron chi connectivity index (χ3n) is 5.33. The fourth-order valence-corrected chi connectivity index (χ4v) is 4.71. The van der Waals surface area contributed by atoms with Gasteiger partial charge in [0.1, 0.15) is 0 Å². The van der Waals surface area contributed by atoms with Crippen molar-refractivity contribution in [2.75, 3.05) is 5.75 Å². The molecular weight excluding hydrogens is 390 g/mol. The maximum atomic E-state index is 12.9. The number of aromatic nitrogens is 3. The molecule has 0 spiro atoms. The van der Waals surface area contributed by atoms with Gasteiger partial charge in [-0.05, 0) is 49.8 Å². The first-order valence-corrected chi connectivity index (χ1v) is 11.4. The number of Topliss-reactive ketones (excluding diaryl/α,β-unsaturated/α-hetero) is 1. The summed E-state index contributed by atoms with van der Waals surface area (Å²) in [4.78, 5) is 12.9. The van der Waals surface area contributed by atoms with Crippen molar-refractivity contribution in [1.82, 2.24) is 14.8 Å². The minimum absolute atomic E-state index is 0.116. The molecule has 0 atom stereocenters. The van der Waals surface area contributed by atoms with E-state index in [1.807, 2.05) is 13.8 Å². The summed E-state index contributed by atoms with van der Waals surface area (Å²) in [5, 5.41) is 9.59. The second kappa shape index (κ2) is 8.76. The SMILES string of the molecule is CCn1c(SCC(=O)c2c(C)cc(C)cc2C)nnc1-c1ccc(C(C)(C)C)cc1.